The number of nitrogen functional groups attached to an aromatic ring is 1. The van der Waals surface area contributed by atoms with Gasteiger partial charge in [0.05, 0.1) is 4.92 Å². The number of carbonyl (C=O) groups excluding carboxylic acids is 1. The van der Waals surface area contributed by atoms with E-state index in [1.54, 1.807) is 0 Å². The van der Waals surface area contributed by atoms with Gasteiger partial charge in [-0.2, -0.15) is 0 Å². The minimum absolute atomic E-state index is 0.00389. The Morgan fingerprint density at radius 1 is 1.47 bits per heavy atom. The number of benzene rings is 1. The highest BCUT2D eigenvalue weighted by molar-refractivity contribution is 5.99. The number of nitro benzene ring substituents is 1. The van der Waals surface area contributed by atoms with E-state index in [9.17, 15) is 14.9 Å². The molecule has 0 atom stereocenters. The highest BCUT2D eigenvalue weighted by Gasteiger charge is 2.20. The number of nitrogens with zero attached hydrogens (tertiary/aromatic N) is 1. The summed E-state index contributed by atoms with van der Waals surface area (Å²) in [6, 6.07) is 4.07. The van der Waals surface area contributed by atoms with Gasteiger partial charge in [0.15, 0.2) is 0 Å². The number of hydrazine groups is 1. The van der Waals surface area contributed by atoms with Gasteiger partial charge in [-0.05, 0) is 24.5 Å². The van der Waals surface area contributed by atoms with Gasteiger partial charge in [-0.3, -0.25) is 20.8 Å². The maximum Gasteiger partial charge on any atom is 0.282 e. The monoisotopic (exact) mass is 266 g/mol. The van der Waals surface area contributed by atoms with Crippen molar-refractivity contribution in [3.8, 4) is 0 Å². The molecule has 0 saturated heterocycles. The van der Waals surface area contributed by atoms with Gasteiger partial charge < -0.3 is 10.7 Å². The number of anilines is 1. The first kappa shape index (κ1) is 14.9. The van der Waals surface area contributed by atoms with Crippen molar-refractivity contribution in [1.29, 1.82) is 0 Å². The first-order valence-corrected chi connectivity index (χ1v) is 5.99. The molecule has 0 radical (unpaired) electrons. The van der Waals surface area contributed by atoms with E-state index in [0.717, 1.165) is 6.42 Å². The molecule has 0 aliphatic heterocycles. The summed E-state index contributed by atoms with van der Waals surface area (Å²) in [6.45, 7) is 4.55. The van der Waals surface area contributed by atoms with Crippen molar-refractivity contribution in [1.82, 2.24) is 5.32 Å². The van der Waals surface area contributed by atoms with Crippen LogP contribution < -0.4 is 16.6 Å². The largest absolute Gasteiger partial charge is 0.352 e. The number of nitrogens with two attached hydrogens (primary N) is 1. The van der Waals surface area contributed by atoms with Crippen LogP contribution in [0.3, 0.4) is 0 Å². The van der Waals surface area contributed by atoms with E-state index in [4.69, 9.17) is 5.84 Å². The normalized spacial score (nSPS) is 10.3. The number of carbonyl (C=O) groups is 1. The fraction of sp³-hybridized carbons (Fsp3) is 0.417. The molecule has 1 aromatic rings. The molecule has 0 aliphatic carbocycles. The van der Waals surface area contributed by atoms with Gasteiger partial charge in [0.25, 0.3) is 11.6 Å². The summed E-state index contributed by atoms with van der Waals surface area (Å²) in [7, 11) is 0. The van der Waals surface area contributed by atoms with Crippen molar-refractivity contribution in [3.63, 3.8) is 0 Å². The Hall–Kier alpha value is -2.15. The number of nitro groups is 1. The summed E-state index contributed by atoms with van der Waals surface area (Å²) in [5.41, 5.74) is 2.57. The molecule has 0 aliphatic rings. The summed E-state index contributed by atoms with van der Waals surface area (Å²) in [6.07, 6.45) is 0.814. The van der Waals surface area contributed by atoms with Crippen LogP contribution in [0.15, 0.2) is 18.2 Å². The van der Waals surface area contributed by atoms with Crippen molar-refractivity contribution in [3.05, 3.63) is 33.9 Å². The van der Waals surface area contributed by atoms with E-state index >= 15 is 0 Å². The molecule has 1 rings (SSSR count). The lowest BCUT2D eigenvalue weighted by Crippen LogP contribution is -2.26. The van der Waals surface area contributed by atoms with Gasteiger partial charge in [0.1, 0.15) is 5.56 Å². The van der Waals surface area contributed by atoms with Crippen LogP contribution in [0, 0.1) is 16.0 Å². The fourth-order valence-electron chi connectivity index (χ4n) is 1.54. The molecule has 4 N–H and O–H groups in total. The molecule has 7 nitrogen and oxygen atoms in total. The number of hydrogen-bond donors (Lipinski definition) is 3. The second-order valence-electron chi connectivity index (χ2n) is 4.57. The average molecular weight is 266 g/mol. The van der Waals surface area contributed by atoms with E-state index in [1.165, 1.54) is 18.2 Å². The van der Waals surface area contributed by atoms with Gasteiger partial charge in [-0.15, -0.1) is 0 Å². The molecular formula is C12H18N4O3. The molecule has 0 fully saturated rings. The van der Waals surface area contributed by atoms with Crippen LogP contribution in [0.25, 0.3) is 0 Å². The smallest absolute Gasteiger partial charge is 0.282 e. The van der Waals surface area contributed by atoms with E-state index in [2.05, 4.69) is 10.7 Å². The highest BCUT2D eigenvalue weighted by atomic mass is 16.6. The second kappa shape index (κ2) is 6.69. The van der Waals surface area contributed by atoms with Crippen LogP contribution in [0.2, 0.25) is 0 Å². The molecule has 0 unspecified atom stereocenters. The number of hydrogen-bond acceptors (Lipinski definition) is 5. The lowest BCUT2D eigenvalue weighted by Gasteiger charge is -2.08. The molecule has 0 saturated carbocycles. The second-order valence-corrected chi connectivity index (χ2v) is 4.57. The molecule has 1 amide bonds. The number of nitrogens with one attached hydrogen (secondary N) is 2. The lowest BCUT2D eigenvalue weighted by molar-refractivity contribution is -0.385. The van der Waals surface area contributed by atoms with E-state index in [1.807, 2.05) is 13.8 Å². The molecule has 0 heterocycles. The Morgan fingerprint density at radius 3 is 2.68 bits per heavy atom. The zero-order valence-corrected chi connectivity index (χ0v) is 11.0. The summed E-state index contributed by atoms with van der Waals surface area (Å²) < 4.78 is 0. The van der Waals surface area contributed by atoms with Crippen molar-refractivity contribution in [2.24, 2.45) is 11.8 Å². The lowest BCUT2D eigenvalue weighted by atomic mass is 10.1. The first-order chi connectivity index (χ1) is 8.95. The molecule has 0 bridgehead atoms. The summed E-state index contributed by atoms with van der Waals surface area (Å²) in [5.74, 6) is 5.22. The SMILES string of the molecule is CC(C)CCNC(=O)c1cc(NN)ccc1[N+](=O)[O-]. The van der Waals surface area contributed by atoms with E-state index in [-0.39, 0.29) is 11.3 Å². The van der Waals surface area contributed by atoms with Crippen LogP contribution in [0.1, 0.15) is 30.6 Å². The Morgan fingerprint density at radius 2 is 2.16 bits per heavy atom. The summed E-state index contributed by atoms with van der Waals surface area (Å²) in [5, 5.41) is 13.5. The van der Waals surface area contributed by atoms with Crippen molar-refractivity contribution >= 4 is 17.3 Å². The van der Waals surface area contributed by atoms with Crippen LogP contribution in [0.5, 0.6) is 0 Å². The predicted octanol–water partition coefficient (Wildman–Crippen LogP) is 1.66. The highest BCUT2D eigenvalue weighted by Crippen LogP contribution is 2.22. The van der Waals surface area contributed by atoms with Gasteiger partial charge >= 0.3 is 0 Å². The summed E-state index contributed by atoms with van der Waals surface area (Å²) in [4.78, 5) is 22.2. The molecule has 7 heteroatoms. The standard InChI is InChI=1S/C12H18N4O3/c1-8(2)5-6-14-12(17)10-7-9(15-13)3-4-11(10)16(18)19/h3-4,7-8,15H,5-6,13H2,1-2H3,(H,14,17). The van der Waals surface area contributed by atoms with E-state index < -0.39 is 10.8 Å². The van der Waals surface area contributed by atoms with Crippen molar-refractivity contribution < 1.29 is 9.72 Å². The molecular weight excluding hydrogens is 248 g/mol. The van der Waals surface area contributed by atoms with Crippen LogP contribution in [-0.4, -0.2) is 17.4 Å². The van der Waals surface area contributed by atoms with Gasteiger partial charge in [0.2, 0.25) is 0 Å². The van der Waals surface area contributed by atoms with Crippen molar-refractivity contribution in [2.45, 2.75) is 20.3 Å². The number of amides is 1. The van der Waals surface area contributed by atoms with Crippen molar-refractivity contribution in [2.75, 3.05) is 12.0 Å². The van der Waals surface area contributed by atoms with E-state index in [0.29, 0.717) is 18.2 Å². The first-order valence-electron chi connectivity index (χ1n) is 5.99. The fourth-order valence-corrected chi connectivity index (χ4v) is 1.54. The maximum atomic E-state index is 11.9. The zero-order chi connectivity index (χ0) is 14.4. The third-order valence-corrected chi connectivity index (χ3v) is 2.61. The van der Waals surface area contributed by atoms with Gasteiger partial charge in [-0.25, -0.2) is 0 Å². The average Bonchev–Trinajstić information content (AvgIpc) is 2.37. The molecule has 1 aromatic carbocycles. The summed E-state index contributed by atoms with van der Waals surface area (Å²) >= 11 is 0. The minimum Gasteiger partial charge on any atom is -0.352 e. The number of rotatable bonds is 6. The Labute approximate surface area is 111 Å². The van der Waals surface area contributed by atoms with Crippen LogP contribution in [-0.2, 0) is 0 Å². The molecule has 19 heavy (non-hydrogen) atoms. The molecule has 0 aromatic heterocycles. The van der Waals surface area contributed by atoms with Crippen LogP contribution in [0.4, 0.5) is 11.4 Å². The predicted molar refractivity (Wildman–Crippen MR) is 72.7 cm³/mol. The molecule has 0 spiro atoms. The van der Waals surface area contributed by atoms with Gasteiger partial charge in [-0.1, -0.05) is 13.8 Å². The quantitative estimate of drug-likeness (QED) is 0.412. The molecule has 104 valence electrons. The zero-order valence-electron chi connectivity index (χ0n) is 11.0. The minimum atomic E-state index is -0.586. The Kier molecular flexibility index (Phi) is 5.25. The van der Waals surface area contributed by atoms with Gasteiger partial charge in [0, 0.05) is 18.3 Å². The topological polar surface area (TPSA) is 110 Å². The Balaban J connectivity index is 2.89. The Bertz CT molecular complexity index is 474. The third-order valence-electron chi connectivity index (χ3n) is 2.61. The van der Waals surface area contributed by atoms with Crippen LogP contribution >= 0.6 is 0 Å². The maximum absolute atomic E-state index is 11.9. The third kappa shape index (κ3) is 4.22.